The van der Waals surface area contributed by atoms with Gasteiger partial charge in [0.1, 0.15) is 0 Å². The third-order valence-electron chi connectivity index (χ3n) is 4.82. The van der Waals surface area contributed by atoms with Crippen molar-refractivity contribution in [1.82, 2.24) is 0 Å². The molecular weight excluding hydrogens is 409 g/mol. The van der Waals surface area contributed by atoms with Crippen LogP contribution in [-0.4, -0.2) is 48.7 Å². The van der Waals surface area contributed by atoms with Gasteiger partial charge in [0, 0.05) is 6.61 Å². The molecule has 0 spiro atoms. The Morgan fingerprint density at radius 3 is 1.37 bits per heavy atom. The Hall–Kier alpha value is 0.668. The molecule has 1 saturated heterocycles. The molecule has 1 aliphatic heterocycles. The maximum absolute atomic E-state index is 6.95. The van der Waals surface area contributed by atoms with Crippen molar-refractivity contribution in [3.05, 3.63) is 0 Å². The minimum Gasteiger partial charge on any atom is -0.420 e. The predicted molar refractivity (Wildman–Crippen MR) is 122 cm³/mol. The highest BCUT2D eigenvalue weighted by Gasteiger charge is 2.54. The fraction of sp³-hybridized carbons (Fsp3) is 1.00. The lowest BCUT2D eigenvalue weighted by atomic mass is 10.2. The van der Waals surface area contributed by atoms with Crippen molar-refractivity contribution in [2.24, 2.45) is 5.92 Å². The van der Waals surface area contributed by atoms with Crippen molar-refractivity contribution in [3.63, 3.8) is 0 Å². The Morgan fingerprint density at radius 2 is 1.07 bits per heavy atom. The molecule has 0 radical (unpaired) electrons. The summed E-state index contributed by atoms with van der Waals surface area (Å²) in [4.78, 5) is 0. The van der Waals surface area contributed by atoms with Crippen LogP contribution in [0.3, 0.4) is 0 Å². The lowest BCUT2D eigenvalue weighted by Gasteiger charge is -2.47. The van der Waals surface area contributed by atoms with E-state index in [9.17, 15) is 0 Å². The van der Waals surface area contributed by atoms with Crippen LogP contribution in [-0.2, 0) is 21.2 Å². The lowest BCUT2D eigenvalue weighted by molar-refractivity contribution is 0.0598. The van der Waals surface area contributed by atoms with Gasteiger partial charge in [-0.1, -0.05) is 69.2 Å². The highest BCUT2D eigenvalue weighted by Crippen LogP contribution is 2.36. The van der Waals surface area contributed by atoms with Gasteiger partial charge >= 0.3 is 36.4 Å². The maximum atomic E-state index is 6.95. The molecule has 0 aromatic carbocycles. The fourth-order valence-electron chi connectivity index (χ4n) is 3.03. The Bertz CT molecular complexity index is 414. The molecular formula is C18H44O5Si4. The van der Waals surface area contributed by atoms with Crippen molar-refractivity contribution in [3.8, 4) is 0 Å². The van der Waals surface area contributed by atoms with E-state index >= 15 is 0 Å². The highest BCUT2D eigenvalue weighted by atomic mass is 28.5. The smallest absolute Gasteiger partial charge is 0.352 e. The summed E-state index contributed by atoms with van der Waals surface area (Å²) in [7, 11) is -8.29. The van der Waals surface area contributed by atoms with Crippen LogP contribution in [0.4, 0.5) is 0 Å². The molecule has 3 unspecified atom stereocenters. The predicted octanol–water partition coefficient (Wildman–Crippen LogP) is 4.41. The monoisotopic (exact) mass is 452 g/mol. The van der Waals surface area contributed by atoms with Crippen LogP contribution in [0.5, 0.6) is 0 Å². The van der Waals surface area contributed by atoms with E-state index in [0.717, 1.165) is 6.61 Å². The standard InChI is InChI=1S/C18H44O5Si4/c1-13(2)12-19-18(11)27(17(9)10)22-25(15(5)6)20-24(14(3)4)21-26(23-27)16(7)8/h13-18,24-26H,12H2,1-11H3. The first-order valence-corrected chi connectivity index (χ1v) is 17.5. The normalized spacial score (nSPS) is 31.8. The van der Waals surface area contributed by atoms with E-state index < -0.39 is 36.4 Å². The van der Waals surface area contributed by atoms with Crippen LogP contribution in [0.25, 0.3) is 0 Å². The van der Waals surface area contributed by atoms with Crippen LogP contribution < -0.4 is 0 Å². The molecule has 0 bridgehead atoms. The summed E-state index contributed by atoms with van der Waals surface area (Å²) in [5.74, 6) is 0.487. The molecule has 1 aliphatic rings. The number of hydrogen-bond donors (Lipinski definition) is 0. The first kappa shape index (κ1) is 25.7. The largest absolute Gasteiger partial charge is 0.420 e. The molecule has 0 amide bonds. The molecule has 3 atom stereocenters. The van der Waals surface area contributed by atoms with Gasteiger partial charge in [-0.15, -0.1) is 0 Å². The van der Waals surface area contributed by atoms with Crippen molar-refractivity contribution in [2.45, 2.75) is 104 Å². The number of rotatable bonds is 8. The molecule has 5 nitrogen and oxygen atoms in total. The van der Waals surface area contributed by atoms with Gasteiger partial charge in [-0.3, -0.25) is 0 Å². The van der Waals surface area contributed by atoms with E-state index in [1.807, 2.05) is 0 Å². The fourth-order valence-corrected chi connectivity index (χ4v) is 23.2. The second kappa shape index (κ2) is 11.2. The molecule has 162 valence electrons. The number of hydrogen-bond acceptors (Lipinski definition) is 5. The second-order valence-corrected chi connectivity index (χ2v) is 23.3. The Balaban J connectivity index is 3.27. The first-order chi connectivity index (χ1) is 12.4. The quantitative estimate of drug-likeness (QED) is 0.510. The molecule has 1 fully saturated rings. The highest BCUT2D eigenvalue weighted by molar-refractivity contribution is 6.84. The van der Waals surface area contributed by atoms with Gasteiger partial charge in [0.05, 0.1) is 5.73 Å². The van der Waals surface area contributed by atoms with Gasteiger partial charge in [0.2, 0.25) is 0 Å². The molecule has 27 heavy (non-hydrogen) atoms. The molecule has 0 aliphatic carbocycles. The third kappa shape index (κ3) is 7.14. The van der Waals surface area contributed by atoms with Gasteiger partial charge < -0.3 is 21.2 Å². The zero-order chi connectivity index (χ0) is 20.9. The summed E-state index contributed by atoms with van der Waals surface area (Å²) >= 11 is 0. The van der Waals surface area contributed by atoms with Crippen molar-refractivity contribution < 1.29 is 21.2 Å². The summed E-state index contributed by atoms with van der Waals surface area (Å²) in [6, 6.07) is 0. The van der Waals surface area contributed by atoms with Crippen LogP contribution in [0, 0.1) is 5.92 Å². The maximum Gasteiger partial charge on any atom is 0.352 e. The van der Waals surface area contributed by atoms with Gasteiger partial charge in [-0.05, 0) is 35.0 Å². The summed E-state index contributed by atoms with van der Waals surface area (Å²) in [5.41, 5.74) is 1.43. The zero-order valence-corrected chi connectivity index (χ0v) is 23.9. The van der Waals surface area contributed by atoms with Crippen LogP contribution in [0.1, 0.15) is 76.2 Å². The van der Waals surface area contributed by atoms with Gasteiger partial charge in [-0.2, -0.15) is 0 Å². The minimum atomic E-state index is -2.66. The van der Waals surface area contributed by atoms with Gasteiger partial charge in [0.15, 0.2) is 0 Å². The van der Waals surface area contributed by atoms with Gasteiger partial charge in [-0.25, -0.2) is 0 Å². The molecule has 1 heterocycles. The van der Waals surface area contributed by atoms with Crippen molar-refractivity contribution >= 4 is 36.4 Å². The second-order valence-electron chi connectivity index (χ2n) is 9.59. The van der Waals surface area contributed by atoms with E-state index in [1.165, 1.54) is 0 Å². The van der Waals surface area contributed by atoms with Crippen LogP contribution in [0.15, 0.2) is 0 Å². The number of ether oxygens (including phenoxy) is 1. The molecule has 0 saturated carbocycles. The molecule has 0 aromatic heterocycles. The van der Waals surface area contributed by atoms with E-state index in [1.54, 1.807) is 0 Å². The zero-order valence-electron chi connectivity index (χ0n) is 19.4. The molecule has 0 N–H and O–H groups in total. The van der Waals surface area contributed by atoms with Crippen molar-refractivity contribution in [1.29, 1.82) is 0 Å². The summed E-state index contributed by atoms with van der Waals surface area (Å²) < 4.78 is 33.5. The minimum absolute atomic E-state index is 0.0353. The third-order valence-corrected chi connectivity index (χ3v) is 20.1. The molecule has 1 rings (SSSR count). The average molecular weight is 453 g/mol. The first-order valence-electron chi connectivity index (χ1n) is 10.7. The van der Waals surface area contributed by atoms with E-state index in [-0.39, 0.29) is 11.3 Å². The average Bonchev–Trinajstić information content (AvgIpc) is 2.51. The summed E-state index contributed by atoms with van der Waals surface area (Å²) in [5, 5.41) is 0. The summed E-state index contributed by atoms with van der Waals surface area (Å²) in [6.07, 6.45) is 0. The SMILES string of the molecule is CC(C)COC(C)[Si]1(C(C)C)O[SiH](C(C)C)O[SiH](C(C)C)O[SiH](C(C)C)O1. The Labute approximate surface area is 174 Å². The van der Waals surface area contributed by atoms with Crippen LogP contribution in [0.2, 0.25) is 22.2 Å². The Morgan fingerprint density at radius 1 is 0.667 bits per heavy atom. The van der Waals surface area contributed by atoms with Crippen molar-refractivity contribution in [2.75, 3.05) is 6.61 Å². The van der Waals surface area contributed by atoms with E-state index in [2.05, 4.69) is 76.2 Å². The van der Waals surface area contributed by atoms with Crippen LogP contribution >= 0.6 is 0 Å². The van der Waals surface area contributed by atoms with E-state index in [0.29, 0.717) is 22.5 Å². The topological polar surface area (TPSA) is 46.2 Å². The lowest BCUT2D eigenvalue weighted by Crippen LogP contribution is -2.65. The van der Waals surface area contributed by atoms with Gasteiger partial charge in [0.25, 0.3) is 0 Å². The molecule has 0 aromatic rings. The Kier molecular flexibility index (Phi) is 10.6. The summed E-state index contributed by atoms with van der Waals surface area (Å²) in [6.45, 7) is 24.9. The van der Waals surface area contributed by atoms with E-state index in [4.69, 9.17) is 21.2 Å². The molecule has 9 heteroatoms.